The fraction of sp³-hybridized carbons (Fsp3) is 0.200. The molecule has 0 fully saturated rings. The fourth-order valence-electron chi connectivity index (χ4n) is 1.20. The van der Waals surface area contributed by atoms with Crippen LogP contribution in [0.4, 0.5) is 32.0 Å². The number of benzene rings is 1. The molecule has 0 radical (unpaired) electrons. The minimum absolute atomic E-state index is 0.118. The van der Waals surface area contributed by atoms with Gasteiger partial charge in [-0.3, -0.25) is 4.79 Å². The average molecular weight is 301 g/mol. The molecule has 1 amide bonds. The third-order valence-electron chi connectivity index (χ3n) is 2.08. The number of aromatic carboxylic acids is 1. The SMILES string of the molecule is O=C(O)c1ccc(C(F)(F)F)cc1NC(=O)C(F)(F)F. The van der Waals surface area contributed by atoms with Gasteiger partial charge in [0, 0.05) is 0 Å². The summed E-state index contributed by atoms with van der Waals surface area (Å²) in [6.07, 6.45) is -10.3. The standard InChI is InChI=1S/C10H5F6NO3/c11-9(12,13)4-1-2-5(7(18)19)6(3-4)17-8(20)10(14,15)16/h1-3H,(H,17,20)(H,18,19). The zero-order chi connectivity index (χ0) is 15.7. The predicted molar refractivity (Wildman–Crippen MR) is 53.1 cm³/mol. The lowest BCUT2D eigenvalue weighted by Crippen LogP contribution is -2.30. The Morgan fingerprint density at radius 1 is 1.05 bits per heavy atom. The predicted octanol–water partition coefficient (Wildman–Crippen LogP) is 2.90. The summed E-state index contributed by atoms with van der Waals surface area (Å²) in [6.45, 7) is 0. The number of amides is 1. The van der Waals surface area contributed by atoms with E-state index >= 15 is 0 Å². The maximum atomic E-state index is 12.4. The second-order valence-electron chi connectivity index (χ2n) is 3.52. The highest BCUT2D eigenvalue weighted by atomic mass is 19.4. The third-order valence-corrected chi connectivity index (χ3v) is 2.08. The number of hydrogen-bond donors (Lipinski definition) is 2. The molecular weight excluding hydrogens is 296 g/mol. The minimum atomic E-state index is -5.36. The number of anilines is 1. The average Bonchev–Trinajstić information content (AvgIpc) is 2.25. The van der Waals surface area contributed by atoms with Crippen LogP contribution in [0.2, 0.25) is 0 Å². The van der Waals surface area contributed by atoms with Gasteiger partial charge in [0.2, 0.25) is 0 Å². The second-order valence-corrected chi connectivity index (χ2v) is 3.52. The molecule has 0 aliphatic heterocycles. The number of rotatable bonds is 2. The lowest BCUT2D eigenvalue weighted by molar-refractivity contribution is -0.167. The molecule has 1 aromatic carbocycles. The van der Waals surface area contributed by atoms with Crippen molar-refractivity contribution in [3.05, 3.63) is 29.3 Å². The Hall–Kier alpha value is -2.26. The summed E-state index contributed by atoms with van der Waals surface area (Å²) in [7, 11) is 0. The number of hydrogen-bond acceptors (Lipinski definition) is 2. The van der Waals surface area contributed by atoms with Gasteiger partial charge in [-0.1, -0.05) is 0 Å². The molecule has 0 aliphatic carbocycles. The first kappa shape index (κ1) is 15.8. The number of nitrogens with one attached hydrogen (secondary N) is 1. The fourth-order valence-corrected chi connectivity index (χ4v) is 1.20. The molecule has 0 heterocycles. The Balaban J connectivity index is 3.27. The molecule has 110 valence electrons. The van der Waals surface area contributed by atoms with Crippen LogP contribution in [0.3, 0.4) is 0 Å². The van der Waals surface area contributed by atoms with Gasteiger partial charge in [0.05, 0.1) is 16.8 Å². The van der Waals surface area contributed by atoms with Crippen LogP contribution in [0.15, 0.2) is 18.2 Å². The maximum absolute atomic E-state index is 12.4. The largest absolute Gasteiger partial charge is 0.478 e. The van der Waals surface area contributed by atoms with Gasteiger partial charge in [-0.15, -0.1) is 0 Å². The number of carbonyl (C=O) groups is 2. The van der Waals surface area contributed by atoms with Gasteiger partial charge in [0.1, 0.15) is 0 Å². The Bertz CT molecular complexity index is 549. The van der Waals surface area contributed by atoms with Crippen molar-refractivity contribution in [3.8, 4) is 0 Å². The van der Waals surface area contributed by atoms with Crippen molar-refractivity contribution in [3.63, 3.8) is 0 Å². The highest BCUT2D eigenvalue weighted by molar-refractivity contribution is 6.02. The third kappa shape index (κ3) is 3.62. The molecule has 10 heteroatoms. The molecule has 0 spiro atoms. The van der Waals surface area contributed by atoms with Gasteiger partial charge in [-0.25, -0.2) is 4.79 Å². The van der Waals surface area contributed by atoms with Gasteiger partial charge in [0.15, 0.2) is 0 Å². The van der Waals surface area contributed by atoms with Gasteiger partial charge in [-0.05, 0) is 18.2 Å². The van der Waals surface area contributed by atoms with Crippen molar-refractivity contribution < 1.29 is 41.0 Å². The van der Waals surface area contributed by atoms with E-state index in [0.717, 1.165) is 5.32 Å². The van der Waals surface area contributed by atoms with Crippen molar-refractivity contribution in [1.29, 1.82) is 0 Å². The van der Waals surface area contributed by atoms with E-state index in [0.29, 0.717) is 12.1 Å². The molecule has 0 unspecified atom stereocenters. The van der Waals surface area contributed by atoms with Crippen molar-refractivity contribution in [2.75, 3.05) is 5.32 Å². The molecule has 0 aromatic heterocycles. The molecule has 0 saturated carbocycles. The number of halogens is 6. The smallest absolute Gasteiger partial charge is 0.471 e. The van der Waals surface area contributed by atoms with Gasteiger partial charge in [-0.2, -0.15) is 26.3 Å². The van der Waals surface area contributed by atoms with Crippen LogP contribution in [-0.2, 0) is 11.0 Å². The molecule has 1 rings (SSSR count). The van der Waals surface area contributed by atoms with Crippen LogP contribution >= 0.6 is 0 Å². The number of carboxylic acid groups (broad SMARTS) is 1. The summed E-state index contributed by atoms with van der Waals surface area (Å²) < 4.78 is 73.2. The summed E-state index contributed by atoms with van der Waals surface area (Å²) in [5.74, 6) is -4.35. The highest BCUT2D eigenvalue weighted by Crippen LogP contribution is 2.32. The highest BCUT2D eigenvalue weighted by Gasteiger charge is 2.40. The van der Waals surface area contributed by atoms with E-state index in [-0.39, 0.29) is 6.07 Å². The summed E-state index contributed by atoms with van der Waals surface area (Å²) >= 11 is 0. The first-order valence-electron chi connectivity index (χ1n) is 4.75. The van der Waals surface area contributed by atoms with E-state index in [2.05, 4.69) is 0 Å². The summed E-state index contributed by atoms with van der Waals surface area (Å²) in [4.78, 5) is 21.4. The molecule has 2 N–H and O–H groups in total. The Kier molecular flexibility index (Phi) is 3.97. The zero-order valence-corrected chi connectivity index (χ0v) is 9.26. The molecule has 0 aliphatic rings. The Labute approximate surface area is 107 Å². The quantitative estimate of drug-likeness (QED) is 0.825. The van der Waals surface area contributed by atoms with E-state index < -0.39 is 41.0 Å². The van der Waals surface area contributed by atoms with Crippen molar-refractivity contribution in [1.82, 2.24) is 0 Å². The minimum Gasteiger partial charge on any atom is -0.478 e. The molecule has 0 bridgehead atoms. The lowest BCUT2D eigenvalue weighted by atomic mass is 10.1. The molecular formula is C10H5F6NO3. The first-order valence-corrected chi connectivity index (χ1v) is 4.75. The topological polar surface area (TPSA) is 66.4 Å². The van der Waals surface area contributed by atoms with E-state index in [1.54, 1.807) is 0 Å². The summed E-state index contributed by atoms with van der Waals surface area (Å²) in [6, 6.07) is 0.955. The molecule has 0 atom stereocenters. The molecule has 1 aromatic rings. The zero-order valence-electron chi connectivity index (χ0n) is 9.26. The number of alkyl halides is 6. The van der Waals surface area contributed by atoms with Crippen LogP contribution < -0.4 is 5.32 Å². The summed E-state index contributed by atoms with van der Waals surface area (Å²) in [5, 5.41) is 9.76. The van der Waals surface area contributed by atoms with Crippen LogP contribution in [0.5, 0.6) is 0 Å². The number of carboxylic acids is 1. The Morgan fingerprint density at radius 2 is 1.60 bits per heavy atom. The maximum Gasteiger partial charge on any atom is 0.471 e. The molecule has 4 nitrogen and oxygen atoms in total. The van der Waals surface area contributed by atoms with Crippen molar-refractivity contribution in [2.45, 2.75) is 12.4 Å². The first-order chi connectivity index (χ1) is 8.93. The van der Waals surface area contributed by atoms with E-state index in [1.807, 2.05) is 0 Å². The normalized spacial score (nSPS) is 12.1. The molecule has 20 heavy (non-hydrogen) atoms. The van der Waals surface area contributed by atoms with Gasteiger partial charge in [0.25, 0.3) is 0 Å². The van der Waals surface area contributed by atoms with Crippen LogP contribution in [0.1, 0.15) is 15.9 Å². The van der Waals surface area contributed by atoms with E-state index in [4.69, 9.17) is 5.11 Å². The van der Waals surface area contributed by atoms with E-state index in [1.165, 1.54) is 0 Å². The van der Waals surface area contributed by atoms with Crippen molar-refractivity contribution >= 4 is 17.6 Å². The van der Waals surface area contributed by atoms with Gasteiger partial charge >= 0.3 is 24.2 Å². The van der Waals surface area contributed by atoms with Crippen LogP contribution in [0.25, 0.3) is 0 Å². The van der Waals surface area contributed by atoms with E-state index in [9.17, 15) is 35.9 Å². The Morgan fingerprint density at radius 3 is 2.00 bits per heavy atom. The molecule has 0 saturated heterocycles. The monoisotopic (exact) mass is 301 g/mol. The van der Waals surface area contributed by atoms with Crippen LogP contribution in [0, 0.1) is 0 Å². The number of carbonyl (C=O) groups excluding carboxylic acids is 1. The summed E-state index contributed by atoms with van der Waals surface area (Å²) in [5.41, 5.74) is -3.37. The van der Waals surface area contributed by atoms with Crippen LogP contribution in [-0.4, -0.2) is 23.2 Å². The lowest BCUT2D eigenvalue weighted by Gasteiger charge is -2.13. The van der Waals surface area contributed by atoms with Gasteiger partial charge < -0.3 is 10.4 Å². The second kappa shape index (κ2) is 5.02. The van der Waals surface area contributed by atoms with Crippen molar-refractivity contribution in [2.24, 2.45) is 0 Å².